The Morgan fingerprint density at radius 2 is 1.90 bits per heavy atom. The number of aliphatic carboxylic acids is 1. The first kappa shape index (κ1) is 21.3. The van der Waals surface area contributed by atoms with Crippen molar-refractivity contribution in [2.24, 2.45) is 17.8 Å². The molecule has 1 fully saturated rings. The number of carboxylic acids is 1. The van der Waals surface area contributed by atoms with E-state index in [1.807, 2.05) is 45.0 Å². The topological polar surface area (TPSA) is 89.2 Å². The van der Waals surface area contributed by atoms with Gasteiger partial charge in [-0.2, -0.15) is 5.10 Å². The number of carboxylic acid groups (broad SMARTS) is 1. The summed E-state index contributed by atoms with van der Waals surface area (Å²) in [5, 5.41) is 17.2. The van der Waals surface area contributed by atoms with Crippen molar-refractivity contribution in [1.29, 1.82) is 0 Å². The molecule has 2 N–H and O–H groups in total. The molecular formula is C22H32N4O3. The van der Waals surface area contributed by atoms with Crippen LogP contribution in [0.2, 0.25) is 0 Å². The van der Waals surface area contributed by atoms with Gasteiger partial charge >= 0.3 is 11.7 Å². The number of piperidine rings is 1. The predicted molar refractivity (Wildman–Crippen MR) is 112 cm³/mol. The highest BCUT2D eigenvalue weighted by atomic mass is 16.4. The van der Waals surface area contributed by atoms with E-state index in [9.17, 15) is 14.7 Å². The number of nitrogens with one attached hydrogen (secondary N) is 1. The Bertz CT molecular complexity index is 876. The lowest BCUT2D eigenvalue weighted by Crippen LogP contribution is -2.30. The van der Waals surface area contributed by atoms with Crippen LogP contribution < -0.4 is 11.0 Å². The van der Waals surface area contributed by atoms with Crippen LogP contribution in [0, 0.1) is 24.7 Å². The Balaban J connectivity index is 1.72. The Kier molecular flexibility index (Phi) is 6.90. The van der Waals surface area contributed by atoms with Gasteiger partial charge in [0.25, 0.3) is 0 Å². The predicted octanol–water partition coefficient (Wildman–Crippen LogP) is 2.63. The summed E-state index contributed by atoms with van der Waals surface area (Å²) >= 11 is 0. The molecule has 7 heteroatoms. The van der Waals surface area contributed by atoms with Crippen LogP contribution in [0.3, 0.4) is 0 Å². The van der Waals surface area contributed by atoms with Crippen molar-refractivity contribution in [3.8, 4) is 5.69 Å². The number of hydrogen-bond donors (Lipinski definition) is 2. The van der Waals surface area contributed by atoms with Crippen LogP contribution in [0.15, 0.2) is 29.1 Å². The van der Waals surface area contributed by atoms with Gasteiger partial charge < -0.3 is 10.4 Å². The van der Waals surface area contributed by atoms with Gasteiger partial charge in [0.1, 0.15) is 5.82 Å². The maximum atomic E-state index is 12.9. The van der Waals surface area contributed by atoms with Gasteiger partial charge in [0, 0.05) is 6.54 Å². The molecule has 0 bridgehead atoms. The van der Waals surface area contributed by atoms with Crippen molar-refractivity contribution in [1.82, 2.24) is 19.7 Å². The number of nitrogens with zero attached hydrogens (tertiary/aromatic N) is 3. The number of aromatic nitrogens is 3. The number of hydrogen-bond acceptors (Lipinski definition) is 4. The van der Waals surface area contributed by atoms with E-state index in [0.29, 0.717) is 24.7 Å². The SMILES string of the molecule is Cc1nn(CCC2CCNCC2)c(=O)n1-c1ccc(CC(C(=O)O)C(C)C)cc1. The molecule has 3 rings (SSSR count). The Hall–Kier alpha value is -2.41. The fourth-order valence-corrected chi connectivity index (χ4v) is 4.08. The quantitative estimate of drug-likeness (QED) is 0.711. The van der Waals surface area contributed by atoms with Crippen molar-refractivity contribution < 1.29 is 9.90 Å². The maximum Gasteiger partial charge on any atom is 0.350 e. The minimum atomic E-state index is -0.772. The van der Waals surface area contributed by atoms with Crippen LogP contribution in [0.4, 0.5) is 0 Å². The molecular weight excluding hydrogens is 368 g/mol. The summed E-state index contributed by atoms with van der Waals surface area (Å²) in [6.45, 7) is 8.44. The van der Waals surface area contributed by atoms with Crippen molar-refractivity contribution in [3.05, 3.63) is 46.1 Å². The van der Waals surface area contributed by atoms with E-state index in [0.717, 1.165) is 43.6 Å². The second kappa shape index (κ2) is 9.39. The number of benzene rings is 1. The van der Waals surface area contributed by atoms with Crippen molar-refractivity contribution >= 4 is 5.97 Å². The molecule has 0 aliphatic carbocycles. The normalized spacial score (nSPS) is 16.3. The Labute approximate surface area is 171 Å². The first-order valence-corrected chi connectivity index (χ1v) is 10.6. The zero-order chi connectivity index (χ0) is 21.0. The minimum absolute atomic E-state index is 0.0650. The van der Waals surface area contributed by atoms with Gasteiger partial charge in [-0.05, 0) is 75.2 Å². The second-order valence-corrected chi connectivity index (χ2v) is 8.43. The largest absolute Gasteiger partial charge is 0.481 e. The van der Waals surface area contributed by atoms with E-state index >= 15 is 0 Å². The molecule has 1 aliphatic rings. The number of aryl methyl sites for hydroxylation is 2. The molecule has 1 aromatic carbocycles. The second-order valence-electron chi connectivity index (χ2n) is 8.43. The van der Waals surface area contributed by atoms with E-state index in [-0.39, 0.29) is 11.6 Å². The molecule has 1 saturated heterocycles. The summed E-state index contributed by atoms with van der Waals surface area (Å²) in [4.78, 5) is 24.3. The molecule has 0 radical (unpaired) electrons. The fourth-order valence-electron chi connectivity index (χ4n) is 4.08. The minimum Gasteiger partial charge on any atom is -0.481 e. The lowest BCUT2D eigenvalue weighted by atomic mass is 9.89. The monoisotopic (exact) mass is 400 g/mol. The van der Waals surface area contributed by atoms with Crippen LogP contribution in [0.5, 0.6) is 0 Å². The third-order valence-corrected chi connectivity index (χ3v) is 5.98. The summed E-state index contributed by atoms with van der Waals surface area (Å²) in [6.07, 6.45) is 3.77. The van der Waals surface area contributed by atoms with Gasteiger partial charge in [0.15, 0.2) is 0 Å². The molecule has 29 heavy (non-hydrogen) atoms. The van der Waals surface area contributed by atoms with E-state index in [1.165, 1.54) is 0 Å². The smallest absolute Gasteiger partial charge is 0.350 e. The van der Waals surface area contributed by atoms with Gasteiger partial charge in [0.05, 0.1) is 11.6 Å². The molecule has 158 valence electrons. The van der Waals surface area contributed by atoms with Crippen LogP contribution in [-0.2, 0) is 17.8 Å². The fraction of sp³-hybridized carbons (Fsp3) is 0.591. The highest BCUT2D eigenvalue weighted by Gasteiger charge is 2.22. The zero-order valence-corrected chi connectivity index (χ0v) is 17.6. The molecule has 0 spiro atoms. The molecule has 1 atom stereocenters. The van der Waals surface area contributed by atoms with Gasteiger partial charge in [-0.3, -0.25) is 4.79 Å². The summed E-state index contributed by atoms with van der Waals surface area (Å²) in [7, 11) is 0. The molecule has 7 nitrogen and oxygen atoms in total. The summed E-state index contributed by atoms with van der Waals surface area (Å²) < 4.78 is 3.20. The third kappa shape index (κ3) is 5.15. The van der Waals surface area contributed by atoms with E-state index in [4.69, 9.17) is 0 Å². The van der Waals surface area contributed by atoms with Crippen LogP contribution in [0.1, 0.15) is 44.5 Å². The van der Waals surface area contributed by atoms with E-state index in [2.05, 4.69) is 10.4 Å². The highest BCUT2D eigenvalue weighted by molar-refractivity contribution is 5.70. The van der Waals surface area contributed by atoms with Gasteiger partial charge in [-0.25, -0.2) is 14.0 Å². The van der Waals surface area contributed by atoms with Crippen LogP contribution in [0.25, 0.3) is 5.69 Å². The van der Waals surface area contributed by atoms with Crippen molar-refractivity contribution in [3.63, 3.8) is 0 Å². The lowest BCUT2D eigenvalue weighted by Gasteiger charge is -2.22. The van der Waals surface area contributed by atoms with Gasteiger partial charge in [0.2, 0.25) is 0 Å². The summed E-state index contributed by atoms with van der Waals surface area (Å²) in [5.74, 6) is 0.194. The summed E-state index contributed by atoms with van der Waals surface area (Å²) in [5.41, 5.74) is 1.61. The van der Waals surface area contributed by atoms with Crippen molar-refractivity contribution in [2.45, 2.75) is 53.0 Å². The molecule has 1 unspecified atom stereocenters. The van der Waals surface area contributed by atoms with Crippen LogP contribution >= 0.6 is 0 Å². The molecule has 2 heterocycles. The van der Waals surface area contributed by atoms with Gasteiger partial charge in [-0.1, -0.05) is 26.0 Å². The van der Waals surface area contributed by atoms with E-state index in [1.54, 1.807) is 9.25 Å². The van der Waals surface area contributed by atoms with E-state index < -0.39 is 11.9 Å². The molecule has 1 aliphatic heterocycles. The molecule has 1 aromatic heterocycles. The standard InChI is InChI=1S/C22H32N4O3/c1-15(2)20(21(27)28)14-18-4-6-19(7-5-18)26-16(3)24-25(22(26)29)13-10-17-8-11-23-12-9-17/h4-7,15,17,20,23H,8-14H2,1-3H3,(H,27,28). The number of rotatable bonds is 8. The molecule has 0 saturated carbocycles. The summed E-state index contributed by atoms with van der Waals surface area (Å²) in [6, 6.07) is 7.57. The zero-order valence-electron chi connectivity index (χ0n) is 17.6. The first-order chi connectivity index (χ1) is 13.9. The van der Waals surface area contributed by atoms with Crippen molar-refractivity contribution in [2.75, 3.05) is 13.1 Å². The Morgan fingerprint density at radius 1 is 1.24 bits per heavy atom. The average Bonchev–Trinajstić information content (AvgIpc) is 2.98. The molecule has 0 amide bonds. The lowest BCUT2D eigenvalue weighted by molar-refractivity contribution is -0.143. The molecule has 2 aromatic rings. The number of carbonyl (C=O) groups is 1. The third-order valence-electron chi connectivity index (χ3n) is 5.98. The average molecular weight is 401 g/mol. The first-order valence-electron chi connectivity index (χ1n) is 10.6. The highest BCUT2D eigenvalue weighted by Crippen LogP contribution is 2.19. The Morgan fingerprint density at radius 3 is 2.48 bits per heavy atom. The van der Waals surface area contributed by atoms with Gasteiger partial charge in [-0.15, -0.1) is 0 Å². The maximum absolute atomic E-state index is 12.9. The van der Waals surface area contributed by atoms with Crippen LogP contribution in [-0.4, -0.2) is 38.5 Å².